The molecule has 1 atom stereocenters. The number of benzene rings is 2. The molecule has 0 spiro atoms. The van der Waals surface area contributed by atoms with Crippen LogP contribution in [-0.2, 0) is 10.0 Å². The summed E-state index contributed by atoms with van der Waals surface area (Å²) in [5, 5.41) is 0. The molecule has 0 saturated carbocycles. The number of nitrogens with one attached hydrogen (secondary N) is 1. The van der Waals surface area contributed by atoms with Gasteiger partial charge in [0.15, 0.2) is 17.3 Å². The van der Waals surface area contributed by atoms with Crippen LogP contribution < -0.4 is 14.2 Å². The minimum Gasteiger partial charge on any atom is -0.486 e. The molecule has 1 heterocycles. The highest BCUT2D eigenvalue weighted by Gasteiger charge is 2.21. The molecule has 1 N–H and O–H groups in total. The molecular formula is C18H19NO5S. The van der Waals surface area contributed by atoms with Crippen molar-refractivity contribution in [3.05, 3.63) is 53.6 Å². The van der Waals surface area contributed by atoms with Crippen molar-refractivity contribution in [2.75, 3.05) is 13.2 Å². The van der Waals surface area contributed by atoms with Gasteiger partial charge in [0.1, 0.15) is 13.2 Å². The fourth-order valence-corrected chi connectivity index (χ4v) is 3.86. The molecule has 0 saturated heterocycles. The first kappa shape index (κ1) is 17.4. The van der Waals surface area contributed by atoms with Gasteiger partial charge < -0.3 is 9.47 Å². The molecule has 0 bridgehead atoms. The first-order valence-corrected chi connectivity index (χ1v) is 9.38. The number of fused-ring (bicyclic) bond motifs is 1. The van der Waals surface area contributed by atoms with E-state index in [-0.39, 0.29) is 10.7 Å². The minimum absolute atomic E-state index is 0.0598. The zero-order valence-electron chi connectivity index (χ0n) is 14.0. The van der Waals surface area contributed by atoms with Gasteiger partial charge >= 0.3 is 0 Å². The Morgan fingerprint density at radius 3 is 2.52 bits per heavy atom. The summed E-state index contributed by atoms with van der Waals surface area (Å²) in [6.07, 6.45) is 0. The average Bonchev–Trinajstić information content (AvgIpc) is 2.61. The molecule has 2 aromatic rings. The maximum Gasteiger partial charge on any atom is 0.241 e. The number of rotatable bonds is 5. The number of ether oxygens (including phenoxy) is 2. The van der Waals surface area contributed by atoms with Gasteiger partial charge in [-0.2, -0.15) is 0 Å². The summed E-state index contributed by atoms with van der Waals surface area (Å²) < 4.78 is 38.8. The molecule has 2 aromatic carbocycles. The number of hydrogen-bond donors (Lipinski definition) is 1. The lowest BCUT2D eigenvalue weighted by Gasteiger charge is -2.21. The second kappa shape index (κ2) is 6.85. The smallest absolute Gasteiger partial charge is 0.241 e. The Kier molecular flexibility index (Phi) is 4.78. The van der Waals surface area contributed by atoms with E-state index in [1.54, 1.807) is 37.3 Å². The third-order valence-electron chi connectivity index (χ3n) is 3.95. The van der Waals surface area contributed by atoms with E-state index >= 15 is 0 Å². The highest BCUT2D eigenvalue weighted by molar-refractivity contribution is 7.89. The van der Waals surface area contributed by atoms with E-state index in [4.69, 9.17) is 9.47 Å². The van der Waals surface area contributed by atoms with Crippen molar-refractivity contribution in [3.63, 3.8) is 0 Å². The molecule has 7 heteroatoms. The van der Waals surface area contributed by atoms with E-state index in [0.717, 1.165) is 5.56 Å². The second-order valence-corrected chi connectivity index (χ2v) is 7.54. The molecule has 0 fully saturated rings. The van der Waals surface area contributed by atoms with Gasteiger partial charge in [-0.15, -0.1) is 0 Å². The van der Waals surface area contributed by atoms with E-state index in [1.807, 2.05) is 0 Å². The Bertz CT molecular complexity index is 907. The SMILES string of the molecule is CC(=O)c1cccc(S(=O)(=O)N[C@@H](C)c2ccc3c(c2)OCCO3)c1. The van der Waals surface area contributed by atoms with E-state index in [2.05, 4.69) is 4.72 Å². The fraction of sp³-hybridized carbons (Fsp3) is 0.278. The van der Waals surface area contributed by atoms with Crippen LogP contribution in [-0.4, -0.2) is 27.4 Å². The standard InChI is InChI=1S/C18H19NO5S/c1-12(14-6-7-17-18(11-14)24-9-8-23-17)19-25(21,22)16-5-3-4-15(10-16)13(2)20/h3-7,10-12,19H,8-9H2,1-2H3/t12-/m0/s1. The van der Waals surface area contributed by atoms with Crippen LogP contribution in [0.1, 0.15) is 35.8 Å². The quantitative estimate of drug-likeness (QED) is 0.828. The summed E-state index contributed by atoms with van der Waals surface area (Å²) in [6.45, 7) is 4.12. The minimum atomic E-state index is -3.76. The van der Waals surface area contributed by atoms with Gasteiger partial charge in [-0.05, 0) is 43.7 Å². The maximum atomic E-state index is 12.6. The maximum absolute atomic E-state index is 12.6. The molecule has 0 amide bonds. The van der Waals surface area contributed by atoms with Crippen LogP contribution >= 0.6 is 0 Å². The van der Waals surface area contributed by atoms with Crippen molar-refractivity contribution in [3.8, 4) is 11.5 Å². The first-order chi connectivity index (χ1) is 11.9. The third-order valence-corrected chi connectivity index (χ3v) is 5.49. The molecular weight excluding hydrogens is 342 g/mol. The van der Waals surface area contributed by atoms with Gasteiger partial charge in [0.05, 0.1) is 4.90 Å². The summed E-state index contributed by atoms with van der Waals surface area (Å²) >= 11 is 0. The summed E-state index contributed by atoms with van der Waals surface area (Å²) in [4.78, 5) is 11.5. The van der Waals surface area contributed by atoms with Crippen molar-refractivity contribution in [1.82, 2.24) is 4.72 Å². The second-order valence-electron chi connectivity index (χ2n) is 5.83. The van der Waals surface area contributed by atoms with E-state index in [1.165, 1.54) is 19.1 Å². The lowest BCUT2D eigenvalue weighted by atomic mass is 10.1. The van der Waals surface area contributed by atoms with Crippen molar-refractivity contribution in [1.29, 1.82) is 0 Å². The van der Waals surface area contributed by atoms with Gasteiger partial charge in [-0.3, -0.25) is 4.79 Å². The van der Waals surface area contributed by atoms with E-state index < -0.39 is 16.1 Å². The number of hydrogen-bond acceptors (Lipinski definition) is 5. The normalized spacial score (nSPS) is 14.8. The topological polar surface area (TPSA) is 81.7 Å². The highest BCUT2D eigenvalue weighted by Crippen LogP contribution is 2.32. The summed E-state index contributed by atoms with van der Waals surface area (Å²) in [5.74, 6) is 1.07. The van der Waals surface area contributed by atoms with Crippen LogP contribution in [0.3, 0.4) is 0 Å². The van der Waals surface area contributed by atoms with E-state index in [0.29, 0.717) is 30.3 Å². The molecule has 1 aliphatic heterocycles. The molecule has 132 valence electrons. The lowest BCUT2D eigenvalue weighted by molar-refractivity contribution is 0.101. The van der Waals surface area contributed by atoms with Crippen LogP contribution in [0.15, 0.2) is 47.4 Å². The Morgan fingerprint density at radius 2 is 1.80 bits per heavy atom. The van der Waals surface area contributed by atoms with Crippen molar-refractivity contribution in [2.45, 2.75) is 24.8 Å². The van der Waals surface area contributed by atoms with Crippen LogP contribution in [0, 0.1) is 0 Å². The molecule has 0 radical (unpaired) electrons. The van der Waals surface area contributed by atoms with Crippen LogP contribution in [0.5, 0.6) is 11.5 Å². The van der Waals surface area contributed by atoms with Crippen molar-refractivity contribution < 1.29 is 22.7 Å². The van der Waals surface area contributed by atoms with Crippen LogP contribution in [0.2, 0.25) is 0 Å². The Hall–Kier alpha value is -2.38. The van der Waals surface area contributed by atoms with E-state index in [9.17, 15) is 13.2 Å². The Balaban J connectivity index is 1.83. The van der Waals surface area contributed by atoms with Crippen molar-refractivity contribution >= 4 is 15.8 Å². The molecule has 3 rings (SSSR count). The van der Waals surface area contributed by atoms with Gasteiger partial charge in [0.2, 0.25) is 10.0 Å². The molecule has 1 aliphatic rings. The number of ketones is 1. The zero-order valence-corrected chi connectivity index (χ0v) is 14.8. The Labute approximate surface area is 146 Å². The molecule has 0 aliphatic carbocycles. The monoisotopic (exact) mass is 361 g/mol. The Morgan fingerprint density at radius 1 is 1.08 bits per heavy atom. The lowest BCUT2D eigenvalue weighted by Crippen LogP contribution is -2.27. The number of carbonyl (C=O) groups is 1. The van der Waals surface area contributed by atoms with Crippen LogP contribution in [0.25, 0.3) is 0 Å². The predicted octanol–water partition coefficient (Wildman–Crippen LogP) is 2.70. The largest absolute Gasteiger partial charge is 0.486 e. The van der Waals surface area contributed by atoms with Crippen LogP contribution in [0.4, 0.5) is 0 Å². The number of carbonyl (C=O) groups excluding carboxylic acids is 1. The summed E-state index contributed by atoms with van der Waals surface area (Å²) in [5.41, 5.74) is 1.12. The summed E-state index contributed by atoms with van der Waals surface area (Å²) in [6, 6.07) is 10.9. The molecule has 25 heavy (non-hydrogen) atoms. The number of Topliss-reactive ketones (excluding diaryl/α,β-unsaturated/α-hetero) is 1. The van der Waals surface area contributed by atoms with Gasteiger partial charge in [0, 0.05) is 11.6 Å². The van der Waals surface area contributed by atoms with Gasteiger partial charge in [-0.25, -0.2) is 13.1 Å². The fourth-order valence-electron chi connectivity index (χ4n) is 2.58. The molecule has 6 nitrogen and oxygen atoms in total. The first-order valence-electron chi connectivity index (χ1n) is 7.90. The van der Waals surface area contributed by atoms with Gasteiger partial charge in [-0.1, -0.05) is 18.2 Å². The van der Waals surface area contributed by atoms with Crippen molar-refractivity contribution in [2.24, 2.45) is 0 Å². The van der Waals surface area contributed by atoms with Gasteiger partial charge in [0.25, 0.3) is 0 Å². The number of sulfonamides is 1. The highest BCUT2D eigenvalue weighted by atomic mass is 32.2. The third kappa shape index (κ3) is 3.83. The predicted molar refractivity (Wildman–Crippen MR) is 92.6 cm³/mol. The average molecular weight is 361 g/mol. The molecule has 0 unspecified atom stereocenters. The summed E-state index contributed by atoms with van der Waals surface area (Å²) in [7, 11) is -3.76. The molecule has 0 aromatic heterocycles. The zero-order chi connectivity index (χ0) is 18.0.